The molecule has 0 bridgehead atoms. The lowest BCUT2D eigenvalue weighted by Gasteiger charge is -2.46. The van der Waals surface area contributed by atoms with Crippen LogP contribution in [0.2, 0.25) is 0 Å². The van der Waals surface area contributed by atoms with Crippen molar-refractivity contribution in [2.45, 2.75) is 11.8 Å². The Labute approximate surface area is 200 Å². The van der Waals surface area contributed by atoms with Gasteiger partial charge in [0.05, 0.1) is 12.8 Å². The molecule has 172 valence electrons. The Morgan fingerprint density at radius 3 is 2.26 bits per heavy atom. The van der Waals surface area contributed by atoms with Gasteiger partial charge < -0.3 is 10.1 Å². The number of amides is 2. The van der Waals surface area contributed by atoms with Gasteiger partial charge in [-0.1, -0.05) is 52.3 Å². The minimum Gasteiger partial charge on any atom is -0.497 e. The first-order chi connectivity index (χ1) is 16.2. The van der Waals surface area contributed by atoms with Crippen LogP contribution in [0.15, 0.2) is 87.3 Å². The van der Waals surface area contributed by atoms with Crippen LogP contribution in [0, 0.1) is 0 Å². The number of fused-ring (bicyclic) bond motifs is 3. The number of alkyl halides is 3. The number of benzene rings is 3. The number of ether oxygens (including phenoxy) is 1. The lowest BCUT2D eigenvalue weighted by molar-refractivity contribution is -0.223. The maximum Gasteiger partial charge on any atom is 0.435 e. The van der Waals surface area contributed by atoms with E-state index < -0.39 is 17.9 Å². The summed E-state index contributed by atoms with van der Waals surface area (Å²) >= 11 is 3.35. The highest BCUT2D eigenvalue weighted by Crippen LogP contribution is 2.48. The van der Waals surface area contributed by atoms with Crippen LogP contribution in [-0.4, -0.2) is 35.9 Å². The number of carbonyl (C=O) groups excluding carboxylic acids is 1. The molecular formula is C24H16BrF3N4O2. The Hall–Kier alpha value is -3.66. The summed E-state index contributed by atoms with van der Waals surface area (Å²) in [5, 5.41) is 2.10. The minimum atomic E-state index is -4.94. The first-order valence-electron chi connectivity index (χ1n) is 10.1. The summed E-state index contributed by atoms with van der Waals surface area (Å²) in [5.41, 5.74) is -1.89. The number of aliphatic imine (C=N–C) groups is 2. The molecule has 5 rings (SSSR count). The van der Waals surface area contributed by atoms with Crippen molar-refractivity contribution in [3.63, 3.8) is 0 Å². The van der Waals surface area contributed by atoms with E-state index in [2.05, 4.69) is 31.2 Å². The van der Waals surface area contributed by atoms with Crippen LogP contribution < -0.4 is 10.1 Å². The van der Waals surface area contributed by atoms with E-state index in [1.807, 2.05) is 0 Å². The highest BCUT2D eigenvalue weighted by Gasteiger charge is 2.66. The SMILES string of the molecule is COc1ccc([C@]2(C(F)(F)F)NC(=O)N=C3c4ccccc4C(=Nc4ccc(Br)cc4)N32)cc1. The van der Waals surface area contributed by atoms with E-state index in [1.54, 1.807) is 48.5 Å². The molecule has 0 unspecified atom stereocenters. The Kier molecular flexibility index (Phi) is 5.20. The fourth-order valence-electron chi connectivity index (χ4n) is 4.12. The van der Waals surface area contributed by atoms with Gasteiger partial charge in [-0.05, 0) is 36.4 Å². The van der Waals surface area contributed by atoms with Crippen LogP contribution in [0.3, 0.4) is 0 Å². The summed E-state index contributed by atoms with van der Waals surface area (Å²) in [5.74, 6) is 0.277. The number of nitrogens with one attached hydrogen (secondary N) is 1. The van der Waals surface area contributed by atoms with E-state index in [0.717, 1.165) is 9.37 Å². The Balaban J connectivity index is 1.81. The zero-order chi connectivity index (χ0) is 24.1. The van der Waals surface area contributed by atoms with Crippen LogP contribution in [0.5, 0.6) is 5.75 Å². The quantitative estimate of drug-likeness (QED) is 0.471. The summed E-state index contributed by atoms with van der Waals surface area (Å²) in [6, 6.07) is 17.8. The molecule has 0 aromatic heterocycles. The third kappa shape index (κ3) is 3.37. The fraction of sp³-hybridized carbons (Fsp3) is 0.125. The Morgan fingerprint density at radius 1 is 1.00 bits per heavy atom. The van der Waals surface area contributed by atoms with Gasteiger partial charge in [-0.15, -0.1) is 0 Å². The molecule has 2 aliphatic rings. The van der Waals surface area contributed by atoms with Crippen molar-refractivity contribution >= 4 is 39.3 Å². The fourth-order valence-corrected chi connectivity index (χ4v) is 4.38. The van der Waals surface area contributed by atoms with E-state index in [1.165, 1.54) is 31.4 Å². The van der Waals surface area contributed by atoms with E-state index in [4.69, 9.17) is 4.74 Å². The van der Waals surface area contributed by atoms with E-state index in [0.29, 0.717) is 22.6 Å². The van der Waals surface area contributed by atoms with Gasteiger partial charge in [-0.3, -0.25) is 4.90 Å². The molecule has 2 heterocycles. The van der Waals surface area contributed by atoms with Crippen molar-refractivity contribution in [2.75, 3.05) is 7.11 Å². The molecule has 3 aromatic carbocycles. The highest BCUT2D eigenvalue weighted by molar-refractivity contribution is 9.10. The molecule has 10 heteroatoms. The molecule has 0 radical (unpaired) electrons. The number of hydrogen-bond acceptors (Lipinski definition) is 3. The maximum absolute atomic E-state index is 15.1. The molecular weight excluding hydrogens is 513 g/mol. The summed E-state index contributed by atoms with van der Waals surface area (Å²) in [6.45, 7) is 0. The molecule has 3 aromatic rings. The summed E-state index contributed by atoms with van der Waals surface area (Å²) in [7, 11) is 1.42. The average molecular weight is 529 g/mol. The number of rotatable bonds is 3. The third-order valence-corrected chi connectivity index (χ3v) is 6.17. The normalized spacial score (nSPS) is 20.5. The number of carbonyl (C=O) groups is 1. The highest BCUT2D eigenvalue weighted by atomic mass is 79.9. The predicted molar refractivity (Wildman–Crippen MR) is 124 cm³/mol. The minimum absolute atomic E-state index is 0.0183. The lowest BCUT2D eigenvalue weighted by atomic mass is 9.95. The molecule has 1 atom stereocenters. The van der Waals surface area contributed by atoms with Gasteiger partial charge >= 0.3 is 12.2 Å². The molecule has 0 saturated carbocycles. The number of urea groups is 1. The summed E-state index contributed by atoms with van der Waals surface area (Å²) < 4.78 is 51.1. The molecule has 2 amide bonds. The van der Waals surface area contributed by atoms with Crippen LogP contribution in [0.25, 0.3) is 0 Å². The maximum atomic E-state index is 15.1. The first kappa shape index (κ1) is 22.1. The smallest absolute Gasteiger partial charge is 0.435 e. The number of nitrogens with zero attached hydrogens (tertiary/aromatic N) is 3. The summed E-state index contributed by atoms with van der Waals surface area (Å²) in [6.07, 6.45) is -4.94. The second-order valence-corrected chi connectivity index (χ2v) is 8.51. The van der Waals surface area contributed by atoms with E-state index >= 15 is 13.2 Å². The Morgan fingerprint density at radius 2 is 1.65 bits per heavy atom. The summed E-state index contributed by atoms with van der Waals surface area (Å²) in [4.78, 5) is 22.1. The van der Waals surface area contributed by atoms with Crippen molar-refractivity contribution in [3.05, 3.63) is 94.0 Å². The van der Waals surface area contributed by atoms with Gasteiger partial charge in [-0.25, -0.2) is 9.79 Å². The molecule has 0 aliphatic carbocycles. The van der Waals surface area contributed by atoms with Crippen molar-refractivity contribution in [2.24, 2.45) is 9.98 Å². The molecule has 0 saturated heterocycles. The second-order valence-electron chi connectivity index (χ2n) is 7.60. The van der Waals surface area contributed by atoms with Crippen LogP contribution in [0.4, 0.5) is 23.7 Å². The van der Waals surface area contributed by atoms with Crippen molar-refractivity contribution in [1.82, 2.24) is 10.2 Å². The predicted octanol–water partition coefficient (Wildman–Crippen LogP) is 5.74. The first-order valence-corrected chi connectivity index (χ1v) is 10.9. The van der Waals surface area contributed by atoms with Gasteiger partial charge in [-0.2, -0.15) is 18.2 Å². The molecule has 2 aliphatic heterocycles. The molecule has 34 heavy (non-hydrogen) atoms. The van der Waals surface area contributed by atoms with Crippen molar-refractivity contribution in [1.29, 1.82) is 0 Å². The average Bonchev–Trinajstić information content (AvgIpc) is 3.13. The number of halogens is 4. The van der Waals surface area contributed by atoms with Gasteiger partial charge in [0.25, 0.3) is 0 Å². The van der Waals surface area contributed by atoms with Crippen LogP contribution in [-0.2, 0) is 5.66 Å². The van der Waals surface area contributed by atoms with Crippen molar-refractivity contribution < 1.29 is 22.7 Å². The van der Waals surface area contributed by atoms with Gasteiger partial charge in [0, 0.05) is 21.2 Å². The standard InChI is InChI=1S/C24H16BrF3N4O2/c1-34-17-12-6-14(7-13-17)23(24(26,27)28)31-22(33)30-21-19-5-3-2-4-18(19)20(32(21)23)29-16-10-8-15(25)9-11-16/h2-13H,1H3,(H,31,33)/t23-/m0/s1. The lowest BCUT2D eigenvalue weighted by Crippen LogP contribution is -2.69. The van der Waals surface area contributed by atoms with Crippen LogP contribution in [0.1, 0.15) is 16.7 Å². The number of amidine groups is 2. The second kappa shape index (κ2) is 7.98. The van der Waals surface area contributed by atoms with Gasteiger partial charge in [0.2, 0.25) is 5.66 Å². The molecule has 1 N–H and O–H groups in total. The Bertz CT molecular complexity index is 1340. The van der Waals surface area contributed by atoms with E-state index in [9.17, 15) is 4.79 Å². The van der Waals surface area contributed by atoms with Gasteiger partial charge in [0.15, 0.2) is 5.84 Å². The molecule has 0 fully saturated rings. The zero-order valence-electron chi connectivity index (χ0n) is 17.6. The zero-order valence-corrected chi connectivity index (χ0v) is 19.2. The topological polar surface area (TPSA) is 66.3 Å². The number of methoxy groups -OCH3 is 1. The third-order valence-electron chi connectivity index (χ3n) is 5.64. The number of hydrogen-bond donors (Lipinski definition) is 1. The largest absolute Gasteiger partial charge is 0.497 e. The van der Waals surface area contributed by atoms with Gasteiger partial charge in [0.1, 0.15) is 11.6 Å². The van der Waals surface area contributed by atoms with Crippen molar-refractivity contribution in [3.8, 4) is 5.75 Å². The molecule has 6 nitrogen and oxygen atoms in total. The molecule has 0 spiro atoms. The monoisotopic (exact) mass is 528 g/mol. The van der Waals surface area contributed by atoms with E-state index in [-0.39, 0.29) is 17.2 Å². The van der Waals surface area contributed by atoms with Crippen LogP contribution >= 0.6 is 15.9 Å².